The van der Waals surface area contributed by atoms with Gasteiger partial charge in [0.05, 0.1) is 19.8 Å². The van der Waals surface area contributed by atoms with Crippen molar-refractivity contribution >= 4 is 5.65 Å². The molecule has 0 saturated carbocycles. The smallest absolute Gasteiger partial charge is 0.261 e. The second-order valence-electron chi connectivity index (χ2n) is 6.96. The van der Waals surface area contributed by atoms with Crippen LogP contribution in [0.4, 0.5) is 0 Å². The lowest BCUT2D eigenvalue weighted by Gasteiger charge is -2.30. The molecule has 0 spiro atoms. The summed E-state index contributed by atoms with van der Waals surface area (Å²) in [5.41, 5.74) is 1.99. The van der Waals surface area contributed by atoms with Crippen molar-refractivity contribution < 1.29 is 9.84 Å². The third kappa shape index (κ3) is 3.50. The van der Waals surface area contributed by atoms with E-state index in [4.69, 9.17) is 4.74 Å². The van der Waals surface area contributed by atoms with E-state index in [1.807, 2.05) is 32.0 Å². The fourth-order valence-electron chi connectivity index (χ4n) is 3.26. The van der Waals surface area contributed by atoms with Crippen molar-refractivity contribution in [3.63, 3.8) is 0 Å². The van der Waals surface area contributed by atoms with Crippen LogP contribution >= 0.6 is 0 Å². The van der Waals surface area contributed by atoms with Gasteiger partial charge in [-0.2, -0.15) is 0 Å². The van der Waals surface area contributed by atoms with Crippen LogP contribution in [0.15, 0.2) is 29.2 Å². The van der Waals surface area contributed by atoms with Gasteiger partial charge in [-0.1, -0.05) is 13.0 Å². The van der Waals surface area contributed by atoms with E-state index in [0.717, 1.165) is 30.9 Å². The van der Waals surface area contributed by atoms with Gasteiger partial charge in [-0.05, 0) is 25.5 Å². The van der Waals surface area contributed by atoms with Gasteiger partial charge in [-0.3, -0.25) is 14.1 Å². The Hall–Kier alpha value is -1.76. The molecule has 0 amide bonds. The van der Waals surface area contributed by atoms with Crippen LogP contribution in [0.5, 0.6) is 0 Å². The van der Waals surface area contributed by atoms with Crippen molar-refractivity contribution in [2.75, 3.05) is 39.5 Å². The number of pyridine rings is 1. The number of hydrogen-bond acceptors (Lipinski definition) is 5. The Morgan fingerprint density at radius 3 is 3.04 bits per heavy atom. The Kier molecular flexibility index (Phi) is 4.99. The standard InChI is InChI=1S/C18H25N3O3/c1-14-15(17(23)21-7-4-3-5-16(21)19-14)6-8-20-9-10-24-13-18(2,11-20)12-22/h3-5,7,22H,6,8-13H2,1-2H3. The van der Waals surface area contributed by atoms with Gasteiger partial charge in [-0.15, -0.1) is 0 Å². The molecule has 1 unspecified atom stereocenters. The van der Waals surface area contributed by atoms with E-state index < -0.39 is 0 Å². The summed E-state index contributed by atoms with van der Waals surface area (Å²) >= 11 is 0. The minimum atomic E-state index is -0.248. The second kappa shape index (κ2) is 7.01. The number of fused-ring (bicyclic) bond motifs is 1. The van der Waals surface area contributed by atoms with Crippen molar-refractivity contribution in [1.29, 1.82) is 0 Å². The Morgan fingerprint density at radius 1 is 1.42 bits per heavy atom. The van der Waals surface area contributed by atoms with Crippen molar-refractivity contribution in [1.82, 2.24) is 14.3 Å². The van der Waals surface area contributed by atoms with E-state index in [1.165, 1.54) is 0 Å². The SMILES string of the molecule is Cc1nc2ccccn2c(=O)c1CCN1CCOCC(C)(CO)C1. The number of hydrogen-bond donors (Lipinski definition) is 1. The molecule has 2 aromatic heterocycles. The normalized spacial score (nSPS) is 22.6. The number of aliphatic hydroxyl groups is 1. The molecule has 130 valence electrons. The molecule has 3 heterocycles. The van der Waals surface area contributed by atoms with E-state index in [1.54, 1.807) is 10.6 Å². The Labute approximate surface area is 141 Å². The average molecular weight is 331 g/mol. The van der Waals surface area contributed by atoms with Gasteiger partial charge in [0.2, 0.25) is 0 Å². The summed E-state index contributed by atoms with van der Waals surface area (Å²) in [6.45, 7) is 7.60. The monoisotopic (exact) mass is 331 g/mol. The molecule has 0 aromatic carbocycles. The molecule has 0 radical (unpaired) electrons. The van der Waals surface area contributed by atoms with Crippen LogP contribution in [-0.2, 0) is 11.2 Å². The number of aryl methyl sites for hydroxylation is 1. The summed E-state index contributed by atoms with van der Waals surface area (Å²) < 4.78 is 7.21. The first-order valence-corrected chi connectivity index (χ1v) is 8.40. The van der Waals surface area contributed by atoms with Gasteiger partial charge in [0.1, 0.15) is 5.65 Å². The van der Waals surface area contributed by atoms with Crippen LogP contribution in [0.2, 0.25) is 0 Å². The van der Waals surface area contributed by atoms with Crippen molar-refractivity contribution in [3.8, 4) is 0 Å². The Morgan fingerprint density at radius 2 is 2.25 bits per heavy atom. The third-order valence-electron chi connectivity index (χ3n) is 4.70. The Balaban J connectivity index is 1.79. The van der Waals surface area contributed by atoms with Gasteiger partial charge >= 0.3 is 0 Å². The van der Waals surface area contributed by atoms with Crippen molar-refractivity contribution in [2.24, 2.45) is 5.41 Å². The van der Waals surface area contributed by atoms with Gasteiger partial charge in [0.25, 0.3) is 5.56 Å². The number of aliphatic hydroxyl groups excluding tert-OH is 1. The van der Waals surface area contributed by atoms with Crippen molar-refractivity contribution in [3.05, 3.63) is 46.0 Å². The molecular formula is C18H25N3O3. The largest absolute Gasteiger partial charge is 0.396 e. The third-order valence-corrected chi connectivity index (χ3v) is 4.70. The fraction of sp³-hybridized carbons (Fsp3) is 0.556. The lowest BCUT2D eigenvalue weighted by molar-refractivity contribution is 0.0352. The summed E-state index contributed by atoms with van der Waals surface area (Å²) in [6.07, 6.45) is 2.41. The van der Waals surface area contributed by atoms with Crippen LogP contribution in [-0.4, -0.2) is 58.8 Å². The highest BCUT2D eigenvalue weighted by Crippen LogP contribution is 2.20. The summed E-state index contributed by atoms with van der Waals surface area (Å²) in [4.78, 5) is 19.5. The summed E-state index contributed by atoms with van der Waals surface area (Å²) in [7, 11) is 0. The van der Waals surface area contributed by atoms with Crippen LogP contribution in [0.25, 0.3) is 5.65 Å². The summed E-state index contributed by atoms with van der Waals surface area (Å²) in [6, 6.07) is 5.57. The minimum absolute atomic E-state index is 0.00842. The highest BCUT2D eigenvalue weighted by molar-refractivity contribution is 5.40. The number of nitrogens with zero attached hydrogens (tertiary/aromatic N) is 3. The molecule has 1 aliphatic heterocycles. The number of rotatable bonds is 4. The van der Waals surface area contributed by atoms with Gasteiger partial charge in [-0.25, -0.2) is 4.98 Å². The quantitative estimate of drug-likeness (QED) is 0.901. The molecule has 1 N–H and O–H groups in total. The number of ether oxygens (including phenoxy) is 1. The predicted molar refractivity (Wildman–Crippen MR) is 92.4 cm³/mol. The maximum absolute atomic E-state index is 12.7. The molecule has 0 aliphatic carbocycles. The molecule has 1 atom stereocenters. The van der Waals surface area contributed by atoms with Gasteiger partial charge in [0, 0.05) is 42.5 Å². The highest BCUT2D eigenvalue weighted by atomic mass is 16.5. The first-order valence-electron chi connectivity index (χ1n) is 8.40. The van der Waals surface area contributed by atoms with E-state index in [2.05, 4.69) is 9.88 Å². The summed E-state index contributed by atoms with van der Waals surface area (Å²) in [5.74, 6) is 0. The van der Waals surface area contributed by atoms with Crippen molar-refractivity contribution in [2.45, 2.75) is 20.3 Å². The first kappa shape index (κ1) is 17.1. The summed E-state index contributed by atoms with van der Waals surface area (Å²) in [5, 5.41) is 9.61. The second-order valence-corrected chi connectivity index (χ2v) is 6.96. The molecule has 24 heavy (non-hydrogen) atoms. The Bertz CT molecular complexity index is 774. The zero-order valence-corrected chi connectivity index (χ0v) is 14.4. The van der Waals surface area contributed by atoms with E-state index >= 15 is 0 Å². The zero-order chi connectivity index (χ0) is 17.2. The maximum atomic E-state index is 12.7. The average Bonchev–Trinajstić information content (AvgIpc) is 2.77. The highest BCUT2D eigenvalue weighted by Gasteiger charge is 2.29. The lowest BCUT2D eigenvalue weighted by Crippen LogP contribution is -2.40. The molecule has 1 saturated heterocycles. The van der Waals surface area contributed by atoms with Gasteiger partial charge in [0.15, 0.2) is 0 Å². The van der Waals surface area contributed by atoms with Crippen LogP contribution in [0.1, 0.15) is 18.2 Å². The molecule has 2 aromatic rings. The maximum Gasteiger partial charge on any atom is 0.261 e. The fourth-order valence-corrected chi connectivity index (χ4v) is 3.26. The molecule has 6 nitrogen and oxygen atoms in total. The predicted octanol–water partition coefficient (Wildman–Crippen LogP) is 0.876. The minimum Gasteiger partial charge on any atom is -0.396 e. The zero-order valence-electron chi connectivity index (χ0n) is 14.4. The van der Waals surface area contributed by atoms with Gasteiger partial charge < -0.3 is 9.84 Å². The topological polar surface area (TPSA) is 67.1 Å². The van der Waals surface area contributed by atoms with Crippen LogP contribution in [0, 0.1) is 12.3 Å². The number of aromatic nitrogens is 2. The van der Waals surface area contributed by atoms with E-state index in [9.17, 15) is 9.90 Å². The molecule has 3 rings (SSSR count). The molecule has 1 aliphatic rings. The van der Waals surface area contributed by atoms with Crippen LogP contribution < -0.4 is 5.56 Å². The molecule has 1 fully saturated rings. The first-order chi connectivity index (χ1) is 11.5. The molecule has 0 bridgehead atoms. The van der Waals surface area contributed by atoms with E-state index in [-0.39, 0.29) is 17.6 Å². The molecular weight excluding hydrogens is 306 g/mol. The lowest BCUT2D eigenvalue weighted by atomic mass is 9.92. The molecule has 6 heteroatoms. The van der Waals surface area contributed by atoms with Crippen LogP contribution in [0.3, 0.4) is 0 Å². The van der Waals surface area contributed by atoms with E-state index in [0.29, 0.717) is 25.3 Å².